The number of aromatic amines is 1. The topological polar surface area (TPSA) is 87.6 Å². The second kappa shape index (κ2) is 6.39. The second-order valence-electron chi connectivity index (χ2n) is 6.82. The van der Waals surface area contributed by atoms with E-state index in [1.54, 1.807) is 4.68 Å². The highest BCUT2D eigenvalue weighted by Gasteiger charge is 2.24. The Morgan fingerprint density at radius 2 is 2.17 bits per heavy atom. The third-order valence-electron chi connectivity index (χ3n) is 5.19. The molecule has 4 rings (SSSR count). The highest BCUT2D eigenvalue weighted by Crippen LogP contribution is 2.32. The predicted molar refractivity (Wildman–Crippen MR) is 91.0 cm³/mol. The average Bonchev–Trinajstić information content (AvgIpc) is 3.20. The van der Waals surface area contributed by atoms with Crippen molar-refractivity contribution < 1.29 is 4.79 Å². The van der Waals surface area contributed by atoms with Gasteiger partial charge in [-0.2, -0.15) is 10.2 Å². The Kier molecular flexibility index (Phi) is 4.10. The van der Waals surface area contributed by atoms with Crippen LogP contribution < -0.4 is 10.6 Å². The van der Waals surface area contributed by atoms with E-state index in [2.05, 4.69) is 25.9 Å². The molecule has 3 heterocycles. The predicted octanol–water partition coefficient (Wildman–Crippen LogP) is 2.09. The Morgan fingerprint density at radius 1 is 1.33 bits per heavy atom. The molecule has 0 saturated heterocycles. The maximum atomic E-state index is 12.6. The first-order valence-electron chi connectivity index (χ1n) is 8.84. The van der Waals surface area contributed by atoms with Gasteiger partial charge < -0.3 is 10.6 Å². The van der Waals surface area contributed by atoms with Crippen molar-refractivity contribution in [2.24, 2.45) is 7.05 Å². The molecule has 0 atom stereocenters. The maximum absolute atomic E-state index is 12.6. The van der Waals surface area contributed by atoms with E-state index in [0.29, 0.717) is 18.2 Å². The van der Waals surface area contributed by atoms with Crippen LogP contribution in [-0.4, -0.2) is 32.4 Å². The first kappa shape index (κ1) is 15.4. The lowest BCUT2D eigenvalue weighted by molar-refractivity contribution is 0.102. The molecular weight excluding hydrogens is 304 g/mol. The van der Waals surface area contributed by atoms with Gasteiger partial charge in [-0.1, -0.05) is 19.3 Å². The number of H-pyrrole nitrogens is 1. The quantitative estimate of drug-likeness (QED) is 0.805. The van der Waals surface area contributed by atoms with Gasteiger partial charge in [0.05, 0.1) is 5.69 Å². The van der Waals surface area contributed by atoms with Crippen LogP contribution >= 0.6 is 0 Å². The summed E-state index contributed by atoms with van der Waals surface area (Å²) in [6.45, 7) is 1.61. The minimum Gasteiger partial charge on any atom is -0.312 e. The number of anilines is 1. The zero-order valence-electron chi connectivity index (χ0n) is 14.1. The Morgan fingerprint density at radius 3 is 3.00 bits per heavy atom. The third-order valence-corrected chi connectivity index (χ3v) is 5.19. The van der Waals surface area contributed by atoms with Crippen LogP contribution in [0.4, 0.5) is 5.82 Å². The van der Waals surface area contributed by atoms with E-state index in [4.69, 9.17) is 0 Å². The van der Waals surface area contributed by atoms with Gasteiger partial charge in [0.2, 0.25) is 0 Å². The molecule has 0 radical (unpaired) electrons. The number of carbonyl (C=O) groups is 1. The Hall–Kier alpha value is -2.15. The lowest BCUT2D eigenvalue weighted by Crippen LogP contribution is -2.25. The molecule has 0 spiro atoms. The van der Waals surface area contributed by atoms with E-state index < -0.39 is 0 Å². The van der Waals surface area contributed by atoms with E-state index in [-0.39, 0.29) is 5.91 Å². The van der Waals surface area contributed by atoms with Crippen molar-refractivity contribution in [1.82, 2.24) is 25.3 Å². The fourth-order valence-electron chi connectivity index (χ4n) is 3.79. The second-order valence-corrected chi connectivity index (χ2v) is 6.82. The van der Waals surface area contributed by atoms with Crippen molar-refractivity contribution in [3.8, 4) is 0 Å². The molecule has 1 aliphatic carbocycles. The SMILES string of the molecule is Cn1nc(C2CCCCC2)cc1NC(=O)c1n[nH]c2c1CNCC2. The number of hydrogen-bond donors (Lipinski definition) is 3. The van der Waals surface area contributed by atoms with Gasteiger partial charge in [-0.25, -0.2) is 0 Å². The van der Waals surface area contributed by atoms with Crippen LogP contribution in [0.3, 0.4) is 0 Å². The van der Waals surface area contributed by atoms with Crippen LogP contribution in [0.5, 0.6) is 0 Å². The van der Waals surface area contributed by atoms with E-state index in [1.165, 1.54) is 32.1 Å². The van der Waals surface area contributed by atoms with Gasteiger partial charge in [0.1, 0.15) is 5.82 Å². The third kappa shape index (κ3) is 2.84. The summed E-state index contributed by atoms with van der Waals surface area (Å²) in [5, 5.41) is 18.1. The van der Waals surface area contributed by atoms with Gasteiger partial charge in [-0.15, -0.1) is 0 Å². The summed E-state index contributed by atoms with van der Waals surface area (Å²) in [5.41, 5.74) is 3.62. The molecule has 1 amide bonds. The van der Waals surface area contributed by atoms with E-state index in [1.807, 2.05) is 13.1 Å². The number of carbonyl (C=O) groups excluding carboxylic acids is 1. The highest BCUT2D eigenvalue weighted by molar-refractivity contribution is 6.03. The zero-order chi connectivity index (χ0) is 16.5. The minimum absolute atomic E-state index is 0.172. The fraction of sp³-hybridized carbons (Fsp3) is 0.588. The highest BCUT2D eigenvalue weighted by atomic mass is 16.2. The summed E-state index contributed by atoms with van der Waals surface area (Å²) in [4.78, 5) is 12.6. The lowest BCUT2D eigenvalue weighted by Gasteiger charge is -2.19. The molecule has 24 heavy (non-hydrogen) atoms. The molecule has 7 heteroatoms. The first-order chi connectivity index (χ1) is 11.7. The van der Waals surface area contributed by atoms with E-state index in [0.717, 1.165) is 35.7 Å². The summed E-state index contributed by atoms with van der Waals surface area (Å²) in [6.07, 6.45) is 7.15. The van der Waals surface area contributed by atoms with Gasteiger partial charge in [-0.3, -0.25) is 14.6 Å². The fourth-order valence-corrected chi connectivity index (χ4v) is 3.79. The molecule has 2 aromatic rings. The molecule has 7 nitrogen and oxygen atoms in total. The first-order valence-corrected chi connectivity index (χ1v) is 8.84. The van der Waals surface area contributed by atoms with Crippen LogP contribution in [0.1, 0.15) is 65.5 Å². The molecule has 1 aliphatic heterocycles. The monoisotopic (exact) mass is 328 g/mol. The normalized spacial score (nSPS) is 18.4. The molecule has 1 saturated carbocycles. The van der Waals surface area contributed by atoms with Gasteiger partial charge in [0, 0.05) is 49.8 Å². The number of aromatic nitrogens is 4. The number of nitrogens with zero attached hydrogens (tertiary/aromatic N) is 3. The smallest absolute Gasteiger partial charge is 0.277 e. The minimum atomic E-state index is -0.172. The lowest BCUT2D eigenvalue weighted by atomic mass is 9.87. The van der Waals surface area contributed by atoms with Crippen LogP contribution in [0, 0.1) is 0 Å². The average molecular weight is 328 g/mol. The standard InChI is InChI=1S/C17H24N6O/c1-23-15(9-14(22-23)11-5-3-2-4-6-11)19-17(24)16-12-10-18-8-7-13(12)20-21-16/h9,11,18H,2-8,10H2,1H3,(H,19,24)(H,20,21). The van der Waals surface area contributed by atoms with Crippen molar-refractivity contribution >= 4 is 11.7 Å². The molecule has 0 bridgehead atoms. The van der Waals surface area contributed by atoms with Crippen LogP contribution in [0.25, 0.3) is 0 Å². The van der Waals surface area contributed by atoms with Gasteiger partial charge >= 0.3 is 0 Å². The number of fused-ring (bicyclic) bond motifs is 1. The molecule has 2 aromatic heterocycles. The Balaban J connectivity index is 1.51. The molecule has 2 aliphatic rings. The van der Waals surface area contributed by atoms with Gasteiger partial charge in [0.15, 0.2) is 5.69 Å². The van der Waals surface area contributed by atoms with E-state index in [9.17, 15) is 4.79 Å². The van der Waals surface area contributed by atoms with Gasteiger partial charge in [0.25, 0.3) is 5.91 Å². The number of nitrogens with one attached hydrogen (secondary N) is 3. The van der Waals surface area contributed by atoms with Crippen molar-refractivity contribution in [1.29, 1.82) is 0 Å². The Labute approximate surface area is 141 Å². The summed E-state index contributed by atoms with van der Waals surface area (Å²) in [6, 6.07) is 2.02. The van der Waals surface area contributed by atoms with Crippen LogP contribution in [0.2, 0.25) is 0 Å². The molecule has 0 aromatic carbocycles. The summed E-state index contributed by atoms with van der Waals surface area (Å²) < 4.78 is 1.76. The number of amides is 1. The number of hydrogen-bond acceptors (Lipinski definition) is 4. The number of aryl methyl sites for hydroxylation is 1. The zero-order valence-corrected chi connectivity index (χ0v) is 14.1. The summed E-state index contributed by atoms with van der Waals surface area (Å²) >= 11 is 0. The van der Waals surface area contributed by atoms with Crippen molar-refractivity contribution in [2.75, 3.05) is 11.9 Å². The van der Waals surface area contributed by atoms with Crippen molar-refractivity contribution in [3.05, 3.63) is 28.7 Å². The molecule has 0 unspecified atom stereocenters. The Bertz CT molecular complexity index is 740. The summed E-state index contributed by atoms with van der Waals surface area (Å²) in [7, 11) is 1.88. The molecule has 128 valence electrons. The van der Waals surface area contributed by atoms with Crippen LogP contribution in [-0.2, 0) is 20.0 Å². The maximum Gasteiger partial charge on any atom is 0.277 e. The number of rotatable bonds is 3. The largest absolute Gasteiger partial charge is 0.312 e. The van der Waals surface area contributed by atoms with Crippen LogP contribution in [0.15, 0.2) is 6.07 Å². The molecule has 3 N–H and O–H groups in total. The van der Waals surface area contributed by atoms with Gasteiger partial charge in [-0.05, 0) is 12.8 Å². The molecule has 1 fully saturated rings. The van der Waals surface area contributed by atoms with Crippen molar-refractivity contribution in [2.45, 2.75) is 51.0 Å². The summed E-state index contributed by atoms with van der Waals surface area (Å²) in [5.74, 6) is 1.09. The van der Waals surface area contributed by atoms with E-state index >= 15 is 0 Å². The molecular formula is C17H24N6O. The van der Waals surface area contributed by atoms with Crippen molar-refractivity contribution in [3.63, 3.8) is 0 Å².